The molecule has 0 aliphatic heterocycles. The van der Waals surface area contributed by atoms with E-state index in [9.17, 15) is 4.79 Å². The van der Waals surface area contributed by atoms with Gasteiger partial charge in [-0.05, 0) is 24.3 Å². The zero-order valence-electron chi connectivity index (χ0n) is 19.3. The summed E-state index contributed by atoms with van der Waals surface area (Å²) >= 11 is 0. The van der Waals surface area contributed by atoms with E-state index in [-0.39, 0.29) is 6.61 Å². The van der Waals surface area contributed by atoms with Crippen molar-refractivity contribution in [3.63, 3.8) is 0 Å². The van der Waals surface area contributed by atoms with Gasteiger partial charge in [0.25, 0.3) is 0 Å². The maximum Gasteiger partial charge on any atom is 0.330 e. The highest BCUT2D eigenvalue weighted by Crippen LogP contribution is 2.33. The first-order valence-electron chi connectivity index (χ1n) is 11.1. The second kappa shape index (κ2) is 13.9. The quantitative estimate of drug-likeness (QED) is 0.138. The lowest BCUT2D eigenvalue weighted by Crippen LogP contribution is -2.19. The van der Waals surface area contributed by atoms with Crippen LogP contribution in [0.4, 0.5) is 0 Å². The lowest BCUT2D eigenvalue weighted by atomic mass is 10.1. The van der Waals surface area contributed by atoms with Crippen molar-refractivity contribution in [2.45, 2.75) is 13.2 Å². The van der Waals surface area contributed by atoms with Crippen LogP contribution >= 0.6 is 0 Å². The minimum atomic E-state index is -0.459. The Hall–Kier alpha value is -3.55. The second-order valence-electron chi connectivity index (χ2n) is 7.17. The van der Waals surface area contributed by atoms with Gasteiger partial charge in [0, 0.05) is 23.8 Å². The van der Waals surface area contributed by atoms with Gasteiger partial charge in [-0.15, -0.1) is 0 Å². The molecule has 3 aromatic carbocycles. The third-order valence-electron chi connectivity index (χ3n) is 4.68. The van der Waals surface area contributed by atoms with E-state index in [1.807, 2.05) is 73.7 Å². The minimum absolute atomic E-state index is 0.192. The number of fused-ring (bicyclic) bond motifs is 1. The van der Waals surface area contributed by atoms with Gasteiger partial charge in [0.2, 0.25) is 6.29 Å². The number of hydrogen-bond donors (Lipinski definition) is 0. The largest absolute Gasteiger partial charge is 0.491 e. The van der Waals surface area contributed by atoms with Gasteiger partial charge in [0.1, 0.15) is 30.5 Å². The molecule has 7 nitrogen and oxygen atoms in total. The van der Waals surface area contributed by atoms with Gasteiger partial charge in [-0.2, -0.15) is 0 Å². The maximum atomic E-state index is 10.9. The summed E-state index contributed by atoms with van der Waals surface area (Å²) in [7, 11) is 0. The van der Waals surface area contributed by atoms with Gasteiger partial charge in [-0.1, -0.05) is 49.0 Å². The average molecular weight is 467 g/mol. The van der Waals surface area contributed by atoms with Gasteiger partial charge in [-0.25, -0.2) is 4.79 Å². The van der Waals surface area contributed by atoms with Crippen LogP contribution in [0.2, 0.25) is 0 Å². The number of rotatable bonds is 15. The van der Waals surface area contributed by atoms with Crippen molar-refractivity contribution in [3.05, 3.63) is 79.4 Å². The SMILES string of the molecule is C=CC(=O)OCCOCCOCCOc1cccc2c(OC(C)Oc3ccccc3)cccc12. The fraction of sp³-hybridized carbons (Fsp3) is 0.296. The van der Waals surface area contributed by atoms with E-state index in [1.165, 1.54) is 0 Å². The monoisotopic (exact) mass is 466 g/mol. The molecule has 0 heterocycles. The molecule has 180 valence electrons. The predicted octanol–water partition coefficient (Wildman–Crippen LogP) is 4.78. The highest BCUT2D eigenvalue weighted by molar-refractivity contribution is 5.93. The van der Waals surface area contributed by atoms with Crippen LogP contribution in [0, 0.1) is 0 Å². The van der Waals surface area contributed by atoms with E-state index in [4.69, 9.17) is 28.4 Å². The zero-order valence-corrected chi connectivity index (χ0v) is 19.3. The fourth-order valence-electron chi connectivity index (χ4n) is 3.17. The molecule has 7 heteroatoms. The summed E-state index contributed by atoms with van der Waals surface area (Å²) in [6.07, 6.45) is 0.663. The molecule has 3 rings (SSSR count). The van der Waals surface area contributed by atoms with E-state index in [0.29, 0.717) is 33.0 Å². The topological polar surface area (TPSA) is 72.5 Å². The predicted molar refractivity (Wildman–Crippen MR) is 129 cm³/mol. The number of ether oxygens (including phenoxy) is 6. The van der Waals surface area contributed by atoms with Crippen LogP contribution in [0.5, 0.6) is 17.2 Å². The molecule has 0 aromatic heterocycles. The highest BCUT2D eigenvalue weighted by Gasteiger charge is 2.11. The Balaban J connectivity index is 1.43. The Morgan fingerprint density at radius 1 is 0.765 bits per heavy atom. The van der Waals surface area contributed by atoms with Crippen molar-refractivity contribution >= 4 is 16.7 Å². The van der Waals surface area contributed by atoms with Crippen molar-refractivity contribution in [2.24, 2.45) is 0 Å². The fourth-order valence-corrected chi connectivity index (χ4v) is 3.17. The number of carbonyl (C=O) groups is 1. The number of esters is 1. The Labute approximate surface area is 199 Å². The normalized spacial score (nSPS) is 11.6. The summed E-state index contributed by atoms with van der Waals surface area (Å²) in [4.78, 5) is 10.9. The van der Waals surface area contributed by atoms with E-state index in [0.717, 1.165) is 34.1 Å². The van der Waals surface area contributed by atoms with Crippen molar-refractivity contribution in [1.29, 1.82) is 0 Å². The summed E-state index contributed by atoms with van der Waals surface area (Å²) in [5, 5.41) is 1.89. The van der Waals surface area contributed by atoms with Crippen LogP contribution in [0.15, 0.2) is 79.4 Å². The lowest BCUT2D eigenvalue weighted by molar-refractivity contribution is -0.139. The molecule has 1 atom stereocenters. The number of hydrogen-bond acceptors (Lipinski definition) is 7. The van der Waals surface area contributed by atoms with Crippen molar-refractivity contribution < 1.29 is 33.2 Å². The highest BCUT2D eigenvalue weighted by atomic mass is 16.7. The van der Waals surface area contributed by atoms with Crippen LogP contribution in [-0.2, 0) is 19.0 Å². The number of para-hydroxylation sites is 1. The van der Waals surface area contributed by atoms with Gasteiger partial charge in [0.05, 0.1) is 26.4 Å². The second-order valence-corrected chi connectivity index (χ2v) is 7.17. The molecule has 0 spiro atoms. The molecule has 0 bridgehead atoms. The number of carbonyl (C=O) groups excluding carboxylic acids is 1. The van der Waals surface area contributed by atoms with Crippen molar-refractivity contribution in [2.75, 3.05) is 39.6 Å². The Morgan fingerprint density at radius 2 is 1.38 bits per heavy atom. The molecule has 0 aliphatic rings. The average Bonchev–Trinajstić information content (AvgIpc) is 2.86. The first-order chi connectivity index (χ1) is 16.7. The first kappa shape index (κ1) is 25.1. The van der Waals surface area contributed by atoms with Crippen LogP contribution in [0.1, 0.15) is 6.92 Å². The van der Waals surface area contributed by atoms with Crippen molar-refractivity contribution in [1.82, 2.24) is 0 Å². The molecule has 0 saturated carbocycles. The molecule has 0 amide bonds. The molecular weight excluding hydrogens is 436 g/mol. The summed E-state index contributed by atoms with van der Waals surface area (Å²) in [6, 6.07) is 21.3. The summed E-state index contributed by atoms with van der Waals surface area (Å²) in [5.74, 6) is 1.77. The van der Waals surface area contributed by atoms with Gasteiger partial charge in [-0.3, -0.25) is 0 Å². The molecule has 0 fully saturated rings. The van der Waals surface area contributed by atoms with Crippen LogP contribution < -0.4 is 14.2 Å². The van der Waals surface area contributed by atoms with Crippen LogP contribution in [0.3, 0.4) is 0 Å². The van der Waals surface area contributed by atoms with Crippen molar-refractivity contribution in [3.8, 4) is 17.2 Å². The molecule has 34 heavy (non-hydrogen) atoms. The van der Waals surface area contributed by atoms with E-state index in [1.54, 1.807) is 0 Å². The molecule has 0 radical (unpaired) electrons. The van der Waals surface area contributed by atoms with E-state index in [2.05, 4.69) is 6.58 Å². The van der Waals surface area contributed by atoms with Gasteiger partial charge < -0.3 is 28.4 Å². The Bertz CT molecular complexity index is 1040. The molecule has 1 unspecified atom stereocenters. The Kier molecular flexibility index (Phi) is 10.2. The van der Waals surface area contributed by atoms with E-state index < -0.39 is 12.3 Å². The molecule has 0 N–H and O–H groups in total. The van der Waals surface area contributed by atoms with E-state index >= 15 is 0 Å². The standard InChI is InChI=1S/C27H30O7/c1-3-27(28)32-20-18-30-16-15-29-17-19-31-25-13-7-12-24-23(25)11-8-14-26(24)34-21(2)33-22-9-5-4-6-10-22/h3-14,21H,1,15-20H2,2H3. The van der Waals surface area contributed by atoms with Gasteiger partial charge >= 0.3 is 5.97 Å². The molecule has 0 aliphatic carbocycles. The van der Waals surface area contributed by atoms with Gasteiger partial charge in [0.15, 0.2) is 0 Å². The zero-order chi connectivity index (χ0) is 24.0. The summed E-state index contributed by atoms with van der Waals surface area (Å²) in [5.41, 5.74) is 0. The van der Waals surface area contributed by atoms with Crippen LogP contribution in [0.25, 0.3) is 10.8 Å². The third kappa shape index (κ3) is 8.10. The smallest absolute Gasteiger partial charge is 0.330 e. The third-order valence-corrected chi connectivity index (χ3v) is 4.68. The lowest BCUT2D eigenvalue weighted by Gasteiger charge is -2.18. The minimum Gasteiger partial charge on any atom is -0.491 e. The maximum absolute atomic E-state index is 10.9. The first-order valence-corrected chi connectivity index (χ1v) is 11.1. The summed E-state index contributed by atoms with van der Waals surface area (Å²) < 4.78 is 33.5. The molecule has 0 saturated heterocycles. The summed E-state index contributed by atoms with van der Waals surface area (Å²) in [6.45, 7) is 7.34. The van der Waals surface area contributed by atoms with Crippen LogP contribution in [-0.4, -0.2) is 51.9 Å². The Morgan fingerprint density at radius 3 is 2.09 bits per heavy atom. The molecular formula is C27H30O7. The molecule has 3 aromatic rings. The number of benzene rings is 3.